The standard InChI is InChI=1S/C14H18N4O/c1-19-10-6-7-12(15)11(9-10)14-17-16-13-5-3-2-4-8-18(13)14/h6-7,9H,2-5,8,15H2,1H3. The predicted octanol–water partition coefficient (Wildman–Crippen LogP) is 2.26. The van der Waals surface area contributed by atoms with Gasteiger partial charge in [-0.1, -0.05) is 6.42 Å². The van der Waals surface area contributed by atoms with Crippen molar-refractivity contribution in [3.63, 3.8) is 0 Å². The molecule has 2 heterocycles. The Labute approximate surface area is 112 Å². The molecule has 1 aliphatic rings. The molecule has 0 aliphatic carbocycles. The van der Waals surface area contributed by atoms with Crippen molar-refractivity contribution in [1.29, 1.82) is 0 Å². The SMILES string of the molecule is COc1ccc(N)c(-c2nnc3n2CCCCC3)c1. The molecule has 5 heteroatoms. The molecule has 1 aromatic carbocycles. The van der Waals surface area contributed by atoms with E-state index in [1.165, 1.54) is 19.3 Å². The fourth-order valence-electron chi connectivity index (χ4n) is 2.54. The molecule has 0 saturated heterocycles. The summed E-state index contributed by atoms with van der Waals surface area (Å²) in [5.41, 5.74) is 7.68. The largest absolute Gasteiger partial charge is 0.497 e. The Balaban J connectivity index is 2.09. The second-order valence-corrected chi connectivity index (χ2v) is 4.86. The van der Waals surface area contributed by atoms with Gasteiger partial charge < -0.3 is 15.0 Å². The summed E-state index contributed by atoms with van der Waals surface area (Å²) in [5, 5.41) is 8.63. The fraction of sp³-hybridized carbons (Fsp3) is 0.429. The molecule has 100 valence electrons. The molecule has 0 bridgehead atoms. The van der Waals surface area contributed by atoms with Gasteiger partial charge in [0.25, 0.3) is 0 Å². The van der Waals surface area contributed by atoms with Crippen molar-refractivity contribution >= 4 is 5.69 Å². The van der Waals surface area contributed by atoms with Crippen molar-refractivity contribution in [2.75, 3.05) is 12.8 Å². The molecule has 1 aliphatic heterocycles. The van der Waals surface area contributed by atoms with E-state index in [4.69, 9.17) is 10.5 Å². The molecule has 0 unspecified atom stereocenters. The van der Waals surface area contributed by atoms with E-state index in [2.05, 4.69) is 14.8 Å². The maximum atomic E-state index is 6.07. The molecule has 0 amide bonds. The van der Waals surface area contributed by atoms with Gasteiger partial charge >= 0.3 is 0 Å². The van der Waals surface area contributed by atoms with Gasteiger partial charge in [0.1, 0.15) is 11.6 Å². The third-order valence-electron chi connectivity index (χ3n) is 3.61. The average Bonchev–Trinajstić information content (AvgIpc) is 2.68. The van der Waals surface area contributed by atoms with Gasteiger partial charge in [0.05, 0.1) is 7.11 Å². The van der Waals surface area contributed by atoms with Crippen LogP contribution < -0.4 is 10.5 Å². The topological polar surface area (TPSA) is 66.0 Å². The van der Waals surface area contributed by atoms with Crippen LogP contribution in [0.25, 0.3) is 11.4 Å². The van der Waals surface area contributed by atoms with Gasteiger partial charge in [-0.15, -0.1) is 10.2 Å². The maximum absolute atomic E-state index is 6.07. The average molecular weight is 258 g/mol. The highest BCUT2D eigenvalue weighted by Crippen LogP contribution is 2.30. The highest BCUT2D eigenvalue weighted by atomic mass is 16.5. The number of methoxy groups -OCH3 is 1. The third-order valence-corrected chi connectivity index (χ3v) is 3.61. The second-order valence-electron chi connectivity index (χ2n) is 4.86. The molecular formula is C14H18N4O. The lowest BCUT2D eigenvalue weighted by molar-refractivity contribution is 0.415. The van der Waals surface area contributed by atoms with Crippen molar-refractivity contribution in [2.45, 2.75) is 32.2 Å². The van der Waals surface area contributed by atoms with E-state index in [0.29, 0.717) is 5.69 Å². The highest BCUT2D eigenvalue weighted by Gasteiger charge is 2.17. The lowest BCUT2D eigenvalue weighted by Gasteiger charge is -2.10. The summed E-state index contributed by atoms with van der Waals surface area (Å²) in [6.07, 6.45) is 4.60. The van der Waals surface area contributed by atoms with Gasteiger partial charge in [-0.05, 0) is 31.0 Å². The number of fused-ring (bicyclic) bond motifs is 1. The number of nitrogens with two attached hydrogens (primary N) is 1. The molecule has 19 heavy (non-hydrogen) atoms. The minimum atomic E-state index is 0.709. The van der Waals surface area contributed by atoms with Crippen LogP contribution in [0.2, 0.25) is 0 Å². The first kappa shape index (κ1) is 12.0. The van der Waals surface area contributed by atoms with Gasteiger partial charge in [-0.2, -0.15) is 0 Å². The molecule has 0 radical (unpaired) electrons. The number of ether oxygens (including phenoxy) is 1. The zero-order valence-electron chi connectivity index (χ0n) is 11.1. The summed E-state index contributed by atoms with van der Waals surface area (Å²) < 4.78 is 7.46. The second kappa shape index (κ2) is 4.91. The predicted molar refractivity (Wildman–Crippen MR) is 74.0 cm³/mol. The molecule has 1 aromatic heterocycles. The van der Waals surface area contributed by atoms with Crippen molar-refractivity contribution in [1.82, 2.24) is 14.8 Å². The van der Waals surface area contributed by atoms with Crippen LogP contribution in [0.15, 0.2) is 18.2 Å². The van der Waals surface area contributed by atoms with Crippen molar-refractivity contribution in [3.8, 4) is 17.1 Å². The molecule has 2 aromatic rings. The normalized spacial score (nSPS) is 14.8. The van der Waals surface area contributed by atoms with E-state index in [1.807, 2.05) is 18.2 Å². The van der Waals surface area contributed by atoms with Crippen LogP contribution in [0.4, 0.5) is 5.69 Å². The van der Waals surface area contributed by atoms with E-state index in [0.717, 1.165) is 35.9 Å². The van der Waals surface area contributed by atoms with Crippen molar-refractivity contribution in [3.05, 3.63) is 24.0 Å². The van der Waals surface area contributed by atoms with Gasteiger partial charge in [0.2, 0.25) is 0 Å². The summed E-state index contributed by atoms with van der Waals surface area (Å²) in [5.74, 6) is 2.71. The Bertz CT molecular complexity index is 591. The Morgan fingerprint density at radius 2 is 2.11 bits per heavy atom. The number of aryl methyl sites for hydroxylation is 1. The van der Waals surface area contributed by atoms with E-state index < -0.39 is 0 Å². The van der Waals surface area contributed by atoms with Gasteiger partial charge in [-0.25, -0.2) is 0 Å². The van der Waals surface area contributed by atoms with E-state index in [-0.39, 0.29) is 0 Å². The van der Waals surface area contributed by atoms with Crippen molar-refractivity contribution < 1.29 is 4.74 Å². The molecule has 5 nitrogen and oxygen atoms in total. The van der Waals surface area contributed by atoms with E-state index >= 15 is 0 Å². The quantitative estimate of drug-likeness (QED) is 0.839. The molecular weight excluding hydrogens is 240 g/mol. The minimum absolute atomic E-state index is 0.709. The lowest BCUT2D eigenvalue weighted by atomic mass is 10.1. The molecule has 2 N–H and O–H groups in total. The number of nitrogen functional groups attached to an aromatic ring is 1. The molecule has 0 fully saturated rings. The molecule has 0 saturated carbocycles. The van der Waals surface area contributed by atoms with Crippen LogP contribution in [0, 0.1) is 0 Å². The molecule has 0 spiro atoms. The fourth-order valence-corrected chi connectivity index (χ4v) is 2.54. The van der Waals surface area contributed by atoms with Crippen LogP contribution >= 0.6 is 0 Å². The first-order valence-electron chi connectivity index (χ1n) is 6.65. The Hall–Kier alpha value is -2.04. The number of anilines is 1. The zero-order valence-corrected chi connectivity index (χ0v) is 11.1. The van der Waals surface area contributed by atoms with Gasteiger partial charge in [-0.3, -0.25) is 0 Å². The first-order chi connectivity index (χ1) is 9.29. The van der Waals surface area contributed by atoms with Crippen LogP contribution in [-0.2, 0) is 13.0 Å². The Morgan fingerprint density at radius 3 is 2.95 bits per heavy atom. The summed E-state index contributed by atoms with van der Waals surface area (Å²) in [6, 6.07) is 5.64. The summed E-state index contributed by atoms with van der Waals surface area (Å²) in [6.45, 7) is 0.967. The zero-order chi connectivity index (χ0) is 13.2. The van der Waals surface area contributed by atoms with E-state index in [9.17, 15) is 0 Å². The number of benzene rings is 1. The van der Waals surface area contributed by atoms with Gasteiger partial charge in [0, 0.05) is 24.2 Å². The van der Waals surface area contributed by atoms with Crippen LogP contribution in [0.5, 0.6) is 5.75 Å². The molecule has 3 rings (SSSR count). The number of nitrogens with zero attached hydrogens (tertiary/aromatic N) is 3. The highest BCUT2D eigenvalue weighted by molar-refractivity contribution is 5.73. The van der Waals surface area contributed by atoms with E-state index in [1.54, 1.807) is 7.11 Å². The smallest absolute Gasteiger partial charge is 0.166 e. The number of hydrogen-bond acceptors (Lipinski definition) is 4. The minimum Gasteiger partial charge on any atom is -0.497 e. The lowest BCUT2D eigenvalue weighted by Crippen LogP contribution is -2.04. The number of aromatic nitrogens is 3. The van der Waals surface area contributed by atoms with Gasteiger partial charge in [0.15, 0.2) is 5.82 Å². The first-order valence-corrected chi connectivity index (χ1v) is 6.65. The summed E-state index contributed by atoms with van der Waals surface area (Å²) >= 11 is 0. The summed E-state index contributed by atoms with van der Waals surface area (Å²) in [4.78, 5) is 0. The van der Waals surface area contributed by atoms with Crippen LogP contribution in [0.1, 0.15) is 25.1 Å². The number of hydrogen-bond donors (Lipinski definition) is 1. The third kappa shape index (κ3) is 2.16. The maximum Gasteiger partial charge on any atom is 0.166 e. The van der Waals surface area contributed by atoms with Crippen molar-refractivity contribution in [2.24, 2.45) is 0 Å². The van der Waals surface area contributed by atoms with Crippen LogP contribution in [-0.4, -0.2) is 21.9 Å². The summed E-state index contributed by atoms with van der Waals surface area (Å²) in [7, 11) is 1.65. The Kier molecular flexibility index (Phi) is 3.11. The van der Waals surface area contributed by atoms with Crippen LogP contribution in [0.3, 0.4) is 0 Å². The monoisotopic (exact) mass is 258 g/mol. The molecule has 0 atom stereocenters. The number of rotatable bonds is 2. The Morgan fingerprint density at radius 1 is 1.21 bits per heavy atom.